The molecule has 4 nitrogen and oxygen atoms in total. The van der Waals surface area contributed by atoms with E-state index >= 15 is 0 Å². The van der Waals surface area contributed by atoms with Crippen LogP contribution in [0.5, 0.6) is 11.5 Å². The third-order valence-electron chi connectivity index (χ3n) is 2.06. The standard InChI is InChI=1S/C10H13NO3/c1-4-7-5-9(13-2)10(14-3)6-8(7)11-12/h5-6H,4H2,1-3H3. The Hall–Kier alpha value is -1.58. The van der Waals surface area contributed by atoms with Crippen molar-refractivity contribution in [2.75, 3.05) is 14.2 Å². The number of hydrogen-bond donors (Lipinski definition) is 0. The predicted molar refractivity (Wildman–Crippen MR) is 54.4 cm³/mol. The van der Waals surface area contributed by atoms with Crippen molar-refractivity contribution in [2.45, 2.75) is 13.3 Å². The number of rotatable bonds is 4. The summed E-state index contributed by atoms with van der Waals surface area (Å²) in [6, 6.07) is 3.36. The molecule has 0 amide bonds. The first-order valence-corrected chi connectivity index (χ1v) is 4.35. The molecule has 1 rings (SSSR count). The average Bonchev–Trinajstić information content (AvgIpc) is 2.26. The van der Waals surface area contributed by atoms with Gasteiger partial charge in [0, 0.05) is 6.07 Å². The molecular weight excluding hydrogens is 182 g/mol. The summed E-state index contributed by atoms with van der Waals surface area (Å²) in [6.07, 6.45) is 0.738. The van der Waals surface area contributed by atoms with Gasteiger partial charge in [-0.1, -0.05) is 6.92 Å². The summed E-state index contributed by atoms with van der Waals surface area (Å²) in [6.45, 7) is 1.95. The van der Waals surface area contributed by atoms with Crippen molar-refractivity contribution in [1.29, 1.82) is 0 Å². The normalized spacial score (nSPS) is 9.64. The Bertz CT molecular complexity index is 336. The minimum atomic E-state index is 0.408. The molecule has 1 aromatic carbocycles. The van der Waals surface area contributed by atoms with Gasteiger partial charge in [0.25, 0.3) is 0 Å². The lowest BCUT2D eigenvalue weighted by atomic mass is 10.1. The van der Waals surface area contributed by atoms with Crippen LogP contribution in [-0.4, -0.2) is 14.2 Å². The zero-order chi connectivity index (χ0) is 10.6. The van der Waals surface area contributed by atoms with Crippen molar-refractivity contribution in [3.8, 4) is 11.5 Å². The zero-order valence-electron chi connectivity index (χ0n) is 8.53. The molecule has 0 spiro atoms. The van der Waals surface area contributed by atoms with E-state index in [2.05, 4.69) is 5.18 Å². The van der Waals surface area contributed by atoms with Gasteiger partial charge in [-0.15, -0.1) is 4.91 Å². The van der Waals surface area contributed by atoms with E-state index in [1.54, 1.807) is 19.2 Å². The lowest BCUT2D eigenvalue weighted by Crippen LogP contribution is -1.92. The Morgan fingerprint density at radius 2 is 1.79 bits per heavy atom. The number of benzene rings is 1. The highest BCUT2D eigenvalue weighted by Gasteiger charge is 2.09. The zero-order valence-corrected chi connectivity index (χ0v) is 8.53. The third-order valence-corrected chi connectivity index (χ3v) is 2.06. The van der Waals surface area contributed by atoms with E-state index in [1.165, 1.54) is 7.11 Å². The van der Waals surface area contributed by atoms with Gasteiger partial charge in [-0.3, -0.25) is 0 Å². The second kappa shape index (κ2) is 4.60. The van der Waals surface area contributed by atoms with Crippen LogP contribution in [-0.2, 0) is 6.42 Å². The maximum Gasteiger partial charge on any atom is 0.163 e. The van der Waals surface area contributed by atoms with E-state index in [9.17, 15) is 4.91 Å². The van der Waals surface area contributed by atoms with E-state index in [0.29, 0.717) is 17.2 Å². The quantitative estimate of drug-likeness (QED) is 0.694. The van der Waals surface area contributed by atoms with Gasteiger partial charge in [-0.05, 0) is 23.2 Å². The molecule has 76 valence electrons. The van der Waals surface area contributed by atoms with Crippen molar-refractivity contribution >= 4 is 5.69 Å². The number of hydrogen-bond acceptors (Lipinski definition) is 4. The number of ether oxygens (including phenoxy) is 2. The summed E-state index contributed by atoms with van der Waals surface area (Å²) >= 11 is 0. The van der Waals surface area contributed by atoms with Gasteiger partial charge in [-0.25, -0.2) is 0 Å². The van der Waals surface area contributed by atoms with E-state index in [1.807, 2.05) is 6.92 Å². The molecule has 0 N–H and O–H groups in total. The molecule has 0 aliphatic heterocycles. The van der Waals surface area contributed by atoms with Crippen LogP contribution in [0.25, 0.3) is 0 Å². The fourth-order valence-corrected chi connectivity index (χ4v) is 1.28. The van der Waals surface area contributed by atoms with Crippen LogP contribution < -0.4 is 9.47 Å². The van der Waals surface area contributed by atoms with Crippen LogP contribution in [0.15, 0.2) is 17.3 Å². The Kier molecular flexibility index (Phi) is 3.45. The van der Waals surface area contributed by atoms with Crippen LogP contribution in [0.3, 0.4) is 0 Å². The van der Waals surface area contributed by atoms with Crippen LogP contribution in [0.2, 0.25) is 0 Å². The van der Waals surface area contributed by atoms with Crippen molar-refractivity contribution in [3.63, 3.8) is 0 Å². The monoisotopic (exact) mass is 195 g/mol. The maximum atomic E-state index is 10.5. The van der Waals surface area contributed by atoms with Gasteiger partial charge in [0.15, 0.2) is 11.5 Å². The highest BCUT2D eigenvalue weighted by atomic mass is 16.5. The first-order valence-electron chi connectivity index (χ1n) is 4.35. The van der Waals surface area contributed by atoms with E-state index < -0.39 is 0 Å². The molecule has 0 saturated carbocycles. The highest BCUT2D eigenvalue weighted by Crippen LogP contribution is 2.34. The van der Waals surface area contributed by atoms with E-state index in [-0.39, 0.29) is 0 Å². The molecule has 0 heterocycles. The Labute approximate surface area is 82.8 Å². The molecule has 0 bridgehead atoms. The second-order valence-corrected chi connectivity index (χ2v) is 2.78. The SMILES string of the molecule is CCc1cc(OC)c(OC)cc1N=O. The molecule has 0 saturated heterocycles. The van der Waals surface area contributed by atoms with Gasteiger partial charge < -0.3 is 9.47 Å². The van der Waals surface area contributed by atoms with Crippen LogP contribution in [0.1, 0.15) is 12.5 Å². The largest absolute Gasteiger partial charge is 0.493 e. The van der Waals surface area contributed by atoms with Crippen LogP contribution in [0, 0.1) is 4.91 Å². The van der Waals surface area contributed by atoms with Gasteiger partial charge >= 0.3 is 0 Å². The molecule has 0 fully saturated rings. The summed E-state index contributed by atoms with van der Waals surface area (Å²) in [5.74, 6) is 1.15. The molecule has 14 heavy (non-hydrogen) atoms. The molecule has 4 heteroatoms. The molecule has 0 aliphatic carbocycles. The number of methoxy groups -OCH3 is 2. The third kappa shape index (κ3) is 1.84. The Balaban J connectivity index is 3.27. The minimum absolute atomic E-state index is 0.408. The minimum Gasteiger partial charge on any atom is -0.493 e. The van der Waals surface area contributed by atoms with Gasteiger partial charge in [-0.2, -0.15) is 0 Å². The van der Waals surface area contributed by atoms with Crippen LogP contribution in [0.4, 0.5) is 5.69 Å². The lowest BCUT2D eigenvalue weighted by molar-refractivity contribution is 0.354. The van der Waals surface area contributed by atoms with Crippen molar-refractivity contribution < 1.29 is 9.47 Å². The Morgan fingerprint density at radius 1 is 1.21 bits per heavy atom. The van der Waals surface area contributed by atoms with Crippen molar-refractivity contribution in [1.82, 2.24) is 0 Å². The van der Waals surface area contributed by atoms with Crippen molar-refractivity contribution in [3.05, 3.63) is 22.6 Å². The molecule has 0 aromatic heterocycles. The van der Waals surface area contributed by atoms with Gasteiger partial charge in [0.2, 0.25) is 0 Å². The fourth-order valence-electron chi connectivity index (χ4n) is 1.28. The van der Waals surface area contributed by atoms with Crippen molar-refractivity contribution in [2.24, 2.45) is 5.18 Å². The maximum absolute atomic E-state index is 10.5. The summed E-state index contributed by atoms with van der Waals surface area (Å²) < 4.78 is 10.2. The molecule has 0 unspecified atom stereocenters. The second-order valence-electron chi connectivity index (χ2n) is 2.78. The molecular formula is C10H13NO3. The number of nitrogens with zero attached hydrogens (tertiary/aromatic N) is 1. The number of nitroso groups, excluding NO2 is 1. The molecule has 0 aliphatic rings. The molecule has 0 atom stereocenters. The Morgan fingerprint density at radius 3 is 2.21 bits per heavy atom. The summed E-state index contributed by atoms with van der Waals surface area (Å²) in [7, 11) is 3.09. The first-order chi connectivity index (χ1) is 6.76. The summed E-state index contributed by atoms with van der Waals surface area (Å²) in [5, 5.41) is 2.94. The molecule has 0 radical (unpaired) electrons. The molecule has 1 aromatic rings. The summed E-state index contributed by atoms with van der Waals surface area (Å²) in [4.78, 5) is 10.5. The fraction of sp³-hybridized carbons (Fsp3) is 0.400. The van der Waals surface area contributed by atoms with E-state index in [4.69, 9.17) is 9.47 Å². The topological polar surface area (TPSA) is 47.9 Å². The first kappa shape index (κ1) is 10.5. The predicted octanol–water partition coefficient (Wildman–Crippen LogP) is 2.66. The van der Waals surface area contributed by atoms with Gasteiger partial charge in [0.1, 0.15) is 5.69 Å². The number of aryl methyl sites for hydroxylation is 1. The lowest BCUT2D eigenvalue weighted by Gasteiger charge is -2.09. The van der Waals surface area contributed by atoms with E-state index in [0.717, 1.165) is 12.0 Å². The summed E-state index contributed by atoms with van der Waals surface area (Å²) in [5.41, 5.74) is 1.27. The highest BCUT2D eigenvalue weighted by molar-refractivity contribution is 5.57. The smallest absolute Gasteiger partial charge is 0.163 e. The average molecular weight is 195 g/mol. The van der Waals surface area contributed by atoms with Gasteiger partial charge in [0.05, 0.1) is 14.2 Å². The van der Waals surface area contributed by atoms with Crippen LogP contribution >= 0.6 is 0 Å².